The molecule has 2 aliphatic heterocycles. The van der Waals surface area contributed by atoms with Crippen molar-refractivity contribution >= 4 is 5.97 Å². The molecule has 0 aromatic heterocycles. The number of H-pyrrole nitrogens is 1. The number of rotatable bonds is 3. The number of carbonyl (C=O) groups is 1. The summed E-state index contributed by atoms with van der Waals surface area (Å²) in [6.07, 6.45) is 5.71. The molecule has 1 aromatic carbocycles. The van der Waals surface area contributed by atoms with Crippen molar-refractivity contribution in [2.75, 3.05) is 0 Å². The molecule has 0 aliphatic carbocycles. The fourth-order valence-electron chi connectivity index (χ4n) is 2.49. The third-order valence-electron chi connectivity index (χ3n) is 3.40. The number of hydrogen-bond donors (Lipinski definition) is 2. The van der Waals surface area contributed by atoms with Crippen molar-refractivity contribution in [3.8, 4) is 22.5 Å². The summed E-state index contributed by atoms with van der Waals surface area (Å²) in [4.78, 5) is 22.7. The average molecular weight is 267 g/mol. The number of fused-ring (bicyclic) bond motifs is 1. The molecule has 0 fully saturated rings. The molecule has 0 saturated carbocycles. The summed E-state index contributed by atoms with van der Waals surface area (Å²) in [5, 5.41) is 9.30. The lowest BCUT2D eigenvalue weighted by Gasteiger charge is -2.11. The summed E-state index contributed by atoms with van der Waals surface area (Å²) >= 11 is 0. The topological polar surface area (TPSA) is 78.9 Å². The van der Waals surface area contributed by atoms with E-state index in [1.54, 1.807) is 30.9 Å². The highest BCUT2D eigenvalue weighted by Crippen LogP contribution is 2.34. The minimum atomic E-state index is -0.905. The third-order valence-corrected chi connectivity index (χ3v) is 3.40. The maximum Gasteiger partial charge on any atom is 0.335 e. The molecule has 3 rings (SSSR count). The molecule has 0 saturated heterocycles. The molecule has 5 nitrogen and oxygen atoms in total. The predicted octanol–water partition coefficient (Wildman–Crippen LogP) is 2.84. The number of aromatic nitrogens is 3. The first-order valence-corrected chi connectivity index (χ1v) is 6.35. The molecule has 5 heteroatoms. The van der Waals surface area contributed by atoms with Gasteiger partial charge in [0.15, 0.2) is 0 Å². The molecule has 0 unspecified atom stereocenters. The van der Waals surface area contributed by atoms with Crippen LogP contribution in [0.2, 0.25) is 0 Å². The van der Waals surface area contributed by atoms with E-state index >= 15 is 0 Å². The Morgan fingerprint density at radius 1 is 1.25 bits per heavy atom. The van der Waals surface area contributed by atoms with Crippen molar-refractivity contribution in [1.29, 1.82) is 0 Å². The second-order valence-corrected chi connectivity index (χ2v) is 4.48. The lowest BCUT2D eigenvalue weighted by atomic mass is 9.93. The summed E-state index contributed by atoms with van der Waals surface area (Å²) in [7, 11) is 0. The van der Waals surface area contributed by atoms with Crippen LogP contribution in [0.3, 0.4) is 0 Å². The van der Waals surface area contributed by atoms with Gasteiger partial charge in [0.2, 0.25) is 0 Å². The molecular formula is C15H13N3O2. The van der Waals surface area contributed by atoms with E-state index in [1.807, 2.05) is 13.0 Å². The summed E-state index contributed by atoms with van der Waals surface area (Å²) in [6, 6.07) is 5.32. The van der Waals surface area contributed by atoms with Crippen LogP contribution in [-0.2, 0) is 6.42 Å². The van der Waals surface area contributed by atoms with E-state index in [-0.39, 0.29) is 0 Å². The van der Waals surface area contributed by atoms with Gasteiger partial charge in [0.25, 0.3) is 0 Å². The van der Waals surface area contributed by atoms with E-state index in [0.29, 0.717) is 12.0 Å². The van der Waals surface area contributed by atoms with Gasteiger partial charge in [0.05, 0.1) is 11.9 Å². The van der Waals surface area contributed by atoms with Crippen LogP contribution < -0.4 is 0 Å². The molecule has 1 aromatic rings. The lowest BCUT2D eigenvalue weighted by Crippen LogP contribution is -2.03. The van der Waals surface area contributed by atoms with Gasteiger partial charge < -0.3 is 10.1 Å². The minimum absolute atomic E-state index is 0.340. The lowest BCUT2D eigenvalue weighted by molar-refractivity contribution is 0.0696. The summed E-state index contributed by atoms with van der Waals surface area (Å²) < 4.78 is 0. The zero-order valence-electron chi connectivity index (χ0n) is 10.9. The van der Waals surface area contributed by atoms with Crippen LogP contribution in [0.5, 0.6) is 0 Å². The summed E-state index contributed by atoms with van der Waals surface area (Å²) in [6.45, 7) is 1.95. The van der Waals surface area contributed by atoms with Crippen molar-refractivity contribution in [3.05, 3.63) is 48.0 Å². The Balaban J connectivity index is 2.25. The molecule has 0 bridgehead atoms. The van der Waals surface area contributed by atoms with Gasteiger partial charge in [-0.1, -0.05) is 19.1 Å². The first-order valence-electron chi connectivity index (χ1n) is 6.35. The molecule has 0 spiro atoms. The average Bonchev–Trinajstić information content (AvgIpc) is 2.90. The SMILES string of the molecule is CCc1c(C(=O)O)cccc1-c1cnc2[nH]cncc1-2. The van der Waals surface area contributed by atoms with E-state index < -0.39 is 5.97 Å². The summed E-state index contributed by atoms with van der Waals surface area (Å²) in [5.74, 6) is -0.157. The van der Waals surface area contributed by atoms with Crippen LogP contribution in [0.1, 0.15) is 22.8 Å². The Morgan fingerprint density at radius 2 is 2.10 bits per heavy atom. The third kappa shape index (κ3) is 1.84. The molecule has 20 heavy (non-hydrogen) atoms. The van der Waals surface area contributed by atoms with E-state index in [9.17, 15) is 9.90 Å². The Labute approximate surface area is 115 Å². The fraction of sp³-hybridized carbons (Fsp3) is 0.133. The number of aromatic carboxylic acids is 1. The Morgan fingerprint density at radius 3 is 2.85 bits per heavy atom. The number of carboxylic acids is 1. The quantitative estimate of drug-likeness (QED) is 0.764. The molecule has 100 valence electrons. The number of nitrogens with zero attached hydrogens (tertiary/aromatic N) is 2. The molecular weight excluding hydrogens is 254 g/mol. The number of aromatic amines is 1. The smallest absolute Gasteiger partial charge is 0.335 e. The van der Waals surface area contributed by atoms with E-state index in [0.717, 1.165) is 28.1 Å². The zero-order chi connectivity index (χ0) is 14.1. The Kier molecular flexibility index (Phi) is 2.95. The van der Waals surface area contributed by atoms with Crippen molar-refractivity contribution in [1.82, 2.24) is 15.0 Å². The van der Waals surface area contributed by atoms with Crippen molar-refractivity contribution in [2.24, 2.45) is 0 Å². The predicted molar refractivity (Wildman–Crippen MR) is 74.8 cm³/mol. The maximum absolute atomic E-state index is 11.3. The van der Waals surface area contributed by atoms with Gasteiger partial charge in [0.1, 0.15) is 5.82 Å². The van der Waals surface area contributed by atoms with Crippen molar-refractivity contribution < 1.29 is 9.90 Å². The maximum atomic E-state index is 11.3. The molecule has 2 heterocycles. The second kappa shape index (κ2) is 4.77. The van der Waals surface area contributed by atoms with Crippen LogP contribution in [0, 0.1) is 0 Å². The van der Waals surface area contributed by atoms with Gasteiger partial charge >= 0.3 is 5.97 Å². The molecule has 2 aliphatic rings. The highest BCUT2D eigenvalue weighted by Gasteiger charge is 2.18. The van der Waals surface area contributed by atoms with Gasteiger partial charge in [-0.15, -0.1) is 0 Å². The van der Waals surface area contributed by atoms with Gasteiger partial charge in [-0.3, -0.25) is 0 Å². The largest absolute Gasteiger partial charge is 0.478 e. The number of carboxylic acid groups (broad SMARTS) is 1. The molecule has 0 amide bonds. The van der Waals surface area contributed by atoms with Crippen LogP contribution in [0.25, 0.3) is 22.5 Å². The van der Waals surface area contributed by atoms with Crippen LogP contribution in [0.4, 0.5) is 0 Å². The number of nitrogens with one attached hydrogen (secondary N) is 1. The minimum Gasteiger partial charge on any atom is -0.478 e. The van der Waals surface area contributed by atoms with Crippen molar-refractivity contribution in [3.63, 3.8) is 0 Å². The van der Waals surface area contributed by atoms with Crippen LogP contribution in [-0.4, -0.2) is 26.0 Å². The van der Waals surface area contributed by atoms with E-state index in [4.69, 9.17) is 0 Å². The van der Waals surface area contributed by atoms with Crippen LogP contribution in [0.15, 0.2) is 36.9 Å². The first-order chi connectivity index (χ1) is 9.72. The van der Waals surface area contributed by atoms with Gasteiger partial charge in [-0.2, -0.15) is 0 Å². The monoisotopic (exact) mass is 267 g/mol. The second-order valence-electron chi connectivity index (χ2n) is 4.48. The molecule has 0 atom stereocenters. The fourth-order valence-corrected chi connectivity index (χ4v) is 2.49. The van der Waals surface area contributed by atoms with Gasteiger partial charge in [-0.25, -0.2) is 14.8 Å². The Bertz CT molecular complexity index is 749. The van der Waals surface area contributed by atoms with Crippen LogP contribution >= 0.6 is 0 Å². The van der Waals surface area contributed by atoms with Gasteiger partial charge in [0, 0.05) is 23.5 Å². The first kappa shape index (κ1) is 12.3. The number of benzene rings is 1. The zero-order valence-corrected chi connectivity index (χ0v) is 10.9. The molecule has 0 radical (unpaired) electrons. The summed E-state index contributed by atoms with van der Waals surface area (Å²) in [5.41, 5.74) is 3.86. The van der Waals surface area contributed by atoms with Crippen molar-refractivity contribution in [2.45, 2.75) is 13.3 Å². The Hall–Kier alpha value is -2.69. The normalized spacial score (nSPS) is 10.8. The highest BCUT2D eigenvalue weighted by atomic mass is 16.4. The number of hydrogen-bond acceptors (Lipinski definition) is 3. The van der Waals surface area contributed by atoms with Gasteiger partial charge in [-0.05, 0) is 23.6 Å². The highest BCUT2D eigenvalue weighted by molar-refractivity contribution is 5.94. The molecule has 2 N–H and O–H groups in total. The standard InChI is InChI=1S/C15H13N3O2/c1-2-9-10(4-3-5-11(9)15(19)20)12-7-17-14-13(12)6-16-8-18-14/h3-8H,2H2,1H3,(H,19,20)(H,16,17,18). The van der Waals surface area contributed by atoms with E-state index in [2.05, 4.69) is 15.0 Å². The van der Waals surface area contributed by atoms with E-state index in [1.165, 1.54) is 0 Å².